The molecule has 1 heterocycles. The highest BCUT2D eigenvalue weighted by Gasteiger charge is 2.00. The average molecular weight is 216 g/mol. The molecule has 86 valence electrons. The van der Waals surface area contributed by atoms with Crippen LogP contribution in [0.1, 0.15) is 26.3 Å². The molecule has 0 amide bonds. The molecule has 0 aromatic carbocycles. The normalized spacial score (nSPS) is 10.1. The molecule has 0 spiro atoms. The van der Waals surface area contributed by atoms with Gasteiger partial charge in [-0.05, 0) is 30.9 Å². The van der Waals surface area contributed by atoms with Crippen molar-refractivity contribution in [3.05, 3.63) is 23.9 Å². The maximum atomic E-state index is 10.3. The van der Waals surface area contributed by atoms with E-state index in [-0.39, 0.29) is 0 Å². The highest BCUT2D eigenvalue weighted by molar-refractivity contribution is 5.38. The number of nitrogen functional groups attached to an aromatic ring is 1. The minimum absolute atomic E-state index is 0.640. The summed E-state index contributed by atoms with van der Waals surface area (Å²) in [6.45, 7) is 5.18. The van der Waals surface area contributed by atoms with Gasteiger partial charge >= 0.3 is 0 Å². The van der Waals surface area contributed by atoms with E-state index in [9.17, 15) is 8.78 Å². The zero-order valence-corrected chi connectivity index (χ0v) is 9.37. The Balaban J connectivity index is 0.000000423. The van der Waals surface area contributed by atoms with Crippen LogP contribution >= 0.6 is 0 Å². The standard InChI is InChI=1S/C9H14N2.C2H4F2/c1-7(2)6-8-4-3-5-11-9(8)10;1-2(3)4/h3-5,7H,6H2,1-2H3,(H2,10,11);2H,1H3. The van der Waals surface area contributed by atoms with E-state index < -0.39 is 6.43 Å². The lowest BCUT2D eigenvalue weighted by atomic mass is 10.0. The Labute approximate surface area is 89.5 Å². The monoisotopic (exact) mass is 216 g/mol. The molecule has 0 aliphatic rings. The topological polar surface area (TPSA) is 38.9 Å². The molecule has 1 aromatic rings. The van der Waals surface area contributed by atoms with Crippen LogP contribution in [0.2, 0.25) is 0 Å². The summed E-state index contributed by atoms with van der Waals surface area (Å²) in [7, 11) is 0. The van der Waals surface area contributed by atoms with E-state index in [1.807, 2.05) is 12.1 Å². The summed E-state index contributed by atoms with van der Waals surface area (Å²) >= 11 is 0. The van der Waals surface area contributed by atoms with Crippen LogP contribution in [-0.4, -0.2) is 11.4 Å². The second-order valence-corrected chi connectivity index (χ2v) is 3.66. The van der Waals surface area contributed by atoms with E-state index in [1.54, 1.807) is 6.20 Å². The van der Waals surface area contributed by atoms with Crippen LogP contribution < -0.4 is 5.73 Å². The van der Waals surface area contributed by atoms with Gasteiger partial charge in [0, 0.05) is 6.20 Å². The fraction of sp³-hybridized carbons (Fsp3) is 0.545. The summed E-state index contributed by atoms with van der Waals surface area (Å²) in [6, 6.07) is 3.95. The molecule has 2 N–H and O–H groups in total. The largest absolute Gasteiger partial charge is 0.383 e. The van der Waals surface area contributed by atoms with Crippen molar-refractivity contribution in [1.82, 2.24) is 4.98 Å². The SMILES string of the molecule is CC(C)Cc1cccnc1N.CC(F)F. The average Bonchev–Trinajstić information content (AvgIpc) is 2.07. The van der Waals surface area contributed by atoms with Crippen molar-refractivity contribution in [3.8, 4) is 0 Å². The van der Waals surface area contributed by atoms with Crippen molar-refractivity contribution in [3.63, 3.8) is 0 Å². The Bertz CT molecular complexity index is 272. The number of pyridine rings is 1. The molecule has 0 radical (unpaired) electrons. The van der Waals surface area contributed by atoms with Gasteiger partial charge in [-0.1, -0.05) is 19.9 Å². The second-order valence-electron chi connectivity index (χ2n) is 3.66. The van der Waals surface area contributed by atoms with Crippen molar-refractivity contribution < 1.29 is 8.78 Å². The third-order valence-electron chi connectivity index (χ3n) is 1.55. The molecular formula is C11H18F2N2. The summed E-state index contributed by atoms with van der Waals surface area (Å²) in [5, 5.41) is 0. The van der Waals surface area contributed by atoms with E-state index >= 15 is 0 Å². The number of aromatic nitrogens is 1. The predicted octanol–water partition coefficient (Wildman–Crippen LogP) is 3.13. The number of anilines is 1. The Morgan fingerprint density at radius 1 is 1.33 bits per heavy atom. The molecule has 4 heteroatoms. The zero-order valence-electron chi connectivity index (χ0n) is 9.37. The molecule has 0 aliphatic carbocycles. The van der Waals surface area contributed by atoms with Crippen LogP contribution in [-0.2, 0) is 6.42 Å². The minimum Gasteiger partial charge on any atom is -0.383 e. The van der Waals surface area contributed by atoms with Gasteiger partial charge in [0.1, 0.15) is 5.82 Å². The third-order valence-corrected chi connectivity index (χ3v) is 1.55. The molecule has 1 aromatic heterocycles. The fourth-order valence-corrected chi connectivity index (χ4v) is 1.06. The Morgan fingerprint density at radius 3 is 2.27 bits per heavy atom. The zero-order chi connectivity index (χ0) is 11.8. The summed E-state index contributed by atoms with van der Waals surface area (Å²) in [6.07, 6.45) is 0.568. The van der Waals surface area contributed by atoms with Gasteiger partial charge < -0.3 is 5.73 Å². The van der Waals surface area contributed by atoms with Crippen LogP contribution in [0.5, 0.6) is 0 Å². The Kier molecular flexibility index (Phi) is 6.58. The van der Waals surface area contributed by atoms with Crippen LogP contribution in [0.4, 0.5) is 14.6 Å². The number of hydrogen-bond donors (Lipinski definition) is 1. The molecule has 2 nitrogen and oxygen atoms in total. The molecule has 0 fully saturated rings. The Morgan fingerprint density at radius 2 is 1.87 bits per heavy atom. The van der Waals surface area contributed by atoms with Gasteiger partial charge in [-0.3, -0.25) is 0 Å². The first-order valence-electron chi connectivity index (χ1n) is 4.91. The number of nitrogens with two attached hydrogens (primary N) is 1. The van der Waals surface area contributed by atoms with Crippen LogP contribution in [0.15, 0.2) is 18.3 Å². The Hall–Kier alpha value is -1.19. The highest BCUT2D eigenvalue weighted by Crippen LogP contribution is 2.12. The van der Waals surface area contributed by atoms with Crippen LogP contribution in [0, 0.1) is 5.92 Å². The maximum absolute atomic E-state index is 10.3. The minimum atomic E-state index is -2.17. The molecule has 0 bridgehead atoms. The van der Waals surface area contributed by atoms with Crippen LogP contribution in [0.25, 0.3) is 0 Å². The lowest BCUT2D eigenvalue weighted by molar-refractivity contribution is 0.171. The molecule has 0 aliphatic heterocycles. The third kappa shape index (κ3) is 7.85. The molecule has 15 heavy (non-hydrogen) atoms. The van der Waals surface area contributed by atoms with Crippen molar-refractivity contribution in [2.24, 2.45) is 5.92 Å². The van der Waals surface area contributed by atoms with Gasteiger partial charge in [0.05, 0.1) is 0 Å². The number of nitrogens with zero attached hydrogens (tertiary/aromatic N) is 1. The number of halogens is 2. The molecule has 0 unspecified atom stereocenters. The molecule has 1 rings (SSSR count). The first-order valence-corrected chi connectivity index (χ1v) is 4.91. The second kappa shape index (κ2) is 7.15. The van der Waals surface area contributed by atoms with Crippen molar-refractivity contribution >= 4 is 5.82 Å². The summed E-state index contributed by atoms with van der Waals surface area (Å²) in [4.78, 5) is 4.01. The summed E-state index contributed by atoms with van der Waals surface area (Å²) < 4.78 is 20.7. The highest BCUT2D eigenvalue weighted by atomic mass is 19.3. The number of hydrogen-bond acceptors (Lipinski definition) is 2. The smallest absolute Gasteiger partial charge is 0.235 e. The van der Waals surface area contributed by atoms with Crippen LogP contribution in [0.3, 0.4) is 0 Å². The van der Waals surface area contributed by atoms with Gasteiger partial charge in [0.2, 0.25) is 6.43 Å². The number of rotatable bonds is 2. The van der Waals surface area contributed by atoms with E-state index in [0.29, 0.717) is 11.7 Å². The van der Waals surface area contributed by atoms with Crippen molar-refractivity contribution in [1.29, 1.82) is 0 Å². The summed E-state index contributed by atoms with van der Waals surface area (Å²) in [5.41, 5.74) is 6.81. The van der Waals surface area contributed by atoms with Crippen molar-refractivity contribution in [2.75, 3.05) is 5.73 Å². The summed E-state index contributed by atoms with van der Waals surface area (Å²) in [5.74, 6) is 1.31. The molecule has 0 atom stereocenters. The number of alkyl halides is 2. The first-order chi connectivity index (χ1) is 6.93. The fourth-order valence-electron chi connectivity index (χ4n) is 1.06. The molecular weight excluding hydrogens is 198 g/mol. The van der Waals surface area contributed by atoms with Crippen molar-refractivity contribution in [2.45, 2.75) is 33.6 Å². The maximum Gasteiger partial charge on any atom is 0.235 e. The van der Waals surface area contributed by atoms with E-state index in [4.69, 9.17) is 5.73 Å². The predicted molar refractivity (Wildman–Crippen MR) is 58.9 cm³/mol. The van der Waals surface area contributed by atoms with E-state index in [0.717, 1.165) is 18.9 Å². The van der Waals surface area contributed by atoms with Gasteiger partial charge in [0.25, 0.3) is 0 Å². The van der Waals surface area contributed by atoms with E-state index in [2.05, 4.69) is 18.8 Å². The molecule has 0 saturated carbocycles. The quantitative estimate of drug-likeness (QED) is 0.824. The van der Waals surface area contributed by atoms with Gasteiger partial charge in [-0.2, -0.15) is 0 Å². The first kappa shape index (κ1) is 13.8. The van der Waals surface area contributed by atoms with E-state index in [1.165, 1.54) is 0 Å². The van der Waals surface area contributed by atoms with Gasteiger partial charge in [-0.15, -0.1) is 0 Å². The molecule has 0 saturated heterocycles. The lowest BCUT2D eigenvalue weighted by Crippen LogP contribution is -2.00. The van der Waals surface area contributed by atoms with Gasteiger partial charge in [-0.25, -0.2) is 13.8 Å². The van der Waals surface area contributed by atoms with Gasteiger partial charge in [0.15, 0.2) is 0 Å². The lowest BCUT2D eigenvalue weighted by Gasteiger charge is -2.05.